The van der Waals surface area contributed by atoms with Gasteiger partial charge in [-0.05, 0) is 11.1 Å². The van der Waals surface area contributed by atoms with E-state index in [4.69, 9.17) is 11.5 Å². The summed E-state index contributed by atoms with van der Waals surface area (Å²) in [4.78, 5) is 0. The molecular weight excluding hydrogens is 356 g/mol. The third-order valence-corrected chi connectivity index (χ3v) is 6.51. The molecule has 1 aromatic carbocycles. The van der Waals surface area contributed by atoms with Crippen molar-refractivity contribution in [1.29, 1.82) is 0 Å². The molecule has 4 N–H and O–H groups in total. The summed E-state index contributed by atoms with van der Waals surface area (Å²) >= 11 is 6.11. The summed E-state index contributed by atoms with van der Waals surface area (Å²) < 4.78 is 1.79. The van der Waals surface area contributed by atoms with Gasteiger partial charge in [0, 0.05) is 11.5 Å². The van der Waals surface area contributed by atoms with Crippen LogP contribution in [0.5, 0.6) is 0 Å². The molecule has 0 aliphatic heterocycles. The van der Waals surface area contributed by atoms with E-state index in [2.05, 4.69) is 44.7 Å². The van der Waals surface area contributed by atoms with Gasteiger partial charge in [0.05, 0.1) is 0 Å². The second-order valence-electron chi connectivity index (χ2n) is 4.21. The van der Waals surface area contributed by atoms with Crippen LogP contribution in [0.2, 0.25) is 0 Å². The van der Waals surface area contributed by atoms with Crippen molar-refractivity contribution in [3.63, 3.8) is 0 Å². The Balaban J connectivity index is 1.51. The molecule has 22 heavy (non-hydrogen) atoms. The van der Waals surface area contributed by atoms with Crippen LogP contribution in [0.15, 0.2) is 32.9 Å². The molecule has 0 radical (unpaired) electrons. The Morgan fingerprint density at radius 1 is 0.727 bits per heavy atom. The highest BCUT2D eigenvalue weighted by molar-refractivity contribution is 8.00. The lowest BCUT2D eigenvalue weighted by atomic mass is 10.2. The Morgan fingerprint density at radius 3 is 1.45 bits per heavy atom. The van der Waals surface area contributed by atoms with Crippen LogP contribution in [0.1, 0.15) is 11.1 Å². The van der Waals surface area contributed by atoms with Gasteiger partial charge >= 0.3 is 0 Å². The van der Waals surface area contributed by atoms with Gasteiger partial charge in [0.15, 0.2) is 8.68 Å². The van der Waals surface area contributed by atoms with Crippen molar-refractivity contribution in [2.24, 2.45) is 0 Å². The van der Waals surface area contributed by atoms with Crippen LogP contribution in [0.25, 0.3) is 0 Å². The van der Waals surface area contributed by atoms with E-state index in [9.17, 15) is 0 Å². The first-order valence-corrected chi connectivity index (χ1v) is 9.81. The Hall–Kier alpha value is -1.36. The first-order chi connectivity index (χ1) is 10.7. The van der Waals surface area contributed by atoms with Gasteiger partial charge in [-0.2, -0.15) is 0 Å². The lowest BCUT2D eigenvalue weighted by Gasteiger charge is -2.02. The molecule has 2 heterocycles. The minimum absolute atomic E-state index is 0.507. The minimum Gasteiger partial charge on any atom is -0.374 e. The maximum atomic E-state index is 5.56. The van der Waals surface area contributed by atoms with Crippen molar-refractivity contribution >= 4 is 56.5 Å². The Labute approximate surface area is 143 Å². The van der Waals surface area contributed by atoms with Crippen LogP contribution in [0.4, 0.5) is 10.3 Å². The van der Waals surface area contributed by atoms with Crippen molar-refractivity contribution < 1.29 is 0 Å². The number of rotatable bonds is 6. The molecule has 0 atom stereocenters. The van der Waals surface area contributed by atoms with E-state index >= 15 is 0 Å². The molecule has 0 aliphatic rings. The quantitative estimate of drug-likeness (QED) is 0.640. The predicted molar refractivity (Wildman–Crippen MR) is 94.2 cm³/mol. The molecule has 2 aromatic heterocycles. The summed E-state index contributed by atoms with van der Waals surface area (Å²) in [5, 5.41) is 16.6. The highest BCUT2D eigenvalue weighted by atomic mass is 32.2. The van der Waals surface area contributed by atoms with Crippen LogP contribution >= 0.6 is 46.2 Å². The second kappa shape index (κ2) is 7.27. The van der Waals surface area contributed by atoms with Crippen molar-refractivity contribution in [3.8, 4) is 0 Å². The Morgan fingerprint density at radius 2 is 1.14 bits per heavy atom. The number of nitrogens with two attached hydrogens (primary N) is 2. The summed E-state index contributed by atoms with van der Waals surface area (Å²) in [5.74, 6) is 1.71. The molecule has 10 heteroatoms. The van der Waals surface area contributed by atoms with Gasteiger partial charge in [0.25, 0.3) is 0 Å². The minimum atomic E-state index is 0.507. The molecule has 6 nitrogen and oxygen atoms in total. The van der Waals surface area contributed by atoms with Crippen LogP contribution in [0.3, 0.4) is 0 Å². The highest BCUT2D eigenvalue weighted by Gasteiger charge is 2.04. The molecule has 0 spiro atoms. The second-order valence-corrected chi connectivity index (χ2v) is 8.67. The van der Waals surface area contributed by atoms with E-state index < -0.39 is 0 Å². The molecule has 0 saturated carbocycles. The number of nitrogen functional groups attached to an aromatic ring is 2. The standard InChI is InChI=1S/C12H12N6S4/c13-9-15-17-11(21-9)19-5-7-1-2-8(4-3-7)6-20-12-18-16-10(14)22-12/h1-4H,5-6H2,(H2,13,15)(H2,14,16). The first-order valence-electron chi connectivity index (χ1n) is 6.20. The molecule has 3 rings (SSSR count). The van der Waals surface area contributed by atoms with Crippen molar-refractivity contribution in [2.45, 2.75) is 20.2 Å². The zero-order chi connectivity index (χ0) is 15.4. The number of aromatic nitrogens is 4. The molecule has 0 bridgehead atoms. The number of nitrogens with zero attached hydrogens (tertiary/aromatic N) is 4. The topological polar surface area (TPSA) is 104 Å². The molecule has 3 aromatic rings. The molecule has 0 unspecified atom stereocenters. The van der Waals surface area contributed by atoms with Gasteiger partial charge in [0.1, 0.15) is 0 Å². The monoisotopic (exact) mass is 368 g/mol. The first kappa shape index (κ1) is 15.5. The SMILES string of the molecule is Nc1nnc(SCc2ccc(CSc3nnc(N)s3)cc2)s1. The maximum absolute atomic E-state index is 5.56. The number of anilines is 2. The third kappa shape index (κ3) is 4.32. The van der Waals surface area contributed by atoms with Crippen LogP contribution in [0, 0.1) is 0 Å². The zero-order valence-electron chi connectivity index (χ0n) is 11.3. The number of thioether (sulfide) groups is 2. The normalized spacial score (nSPS) is 10.9. The molecule has 0 aliphatic carbocycles. The average molecular weight is 369 g/mol. The van der Waals surface area contributed by atoms with Gasteiger partial charge in [-0.3, -0.25) is 0 Å². The zero-order valence-corrected chi connectivity index (χ0v) is 14.6. The van der Waals surface area contributed by atoms with Gasteiger partial charge in [-0.15, -0.1) is 20.4 Å². The number of benzene rings is 1. The van der Waals surface area contributed by atoms with E-state index in [0.717, 1.165) is 20.2 Å². The summed E-state index contributed by atoms with van der Waals surface area (Å²) in [6, 6.07) is 8.51. The van der Waals surface area contributed by atoms with Crippen molar-refractivity contribution in [3.05, 3.63) is 35.4 Å². The summed E-state index contributed by atoms with van der Waals surface area (Å²) in [6.07, 6.45) is 0. The van der Waals surface area contributed by atoms with Gasteiger partial charge in [-0.1, -0.05) is 70.5 Å². The summed E-state index contributed by atoms with van der Waals surface area (Å²) in [7, 11) is 0. The van der Waals surface area contributed by atoms with Crippen LogP contribution < -0.4 is 11.5 Å². The fourth-order valence-corrected chi connectivity index (χ4v) is 4.76. The van der Waals surface area contributed by atoms with Gasteiger partial charge in [-0.25, -0.2) is 0 Å². The largest absolute Gasteiger partial charge is 0.374 e. The van der Waals surface area contributed by atoms with E-state index in [1.165, 1.54) is 33.8 Å². The smallest absolute Gasteiger partial charge is 0.203 e. The van der Waals surface area contributed by atoms with Crippen LogP contribution in [-0.2, 0) is 11.5 Å². The maximum Gasteiger partial charge on any atom is 0.203 e. The molecular formula is C12H12N6S4. The summed E-state index contributed by atoms with van der Waals surface area (Å²) in [5.41, 5.74) is 13.6. The summed E-state index contributed by atoms with van der Waals surface area (Å²) in [6.45, 7) is 0. The van der Waals surface area contributed by atoms with Crippen molar-refractivity contribution in [1.82, 2.24) is 20.4 Å². The van der Waals surface area contributed by atoms with Crippen LogP contribution in [-0.4, -0.2) is 20.4 Å². The Bertz CT molecular complexity index is 675. The lowest BCUT2D eigenvalue weighted by molar-refractivity contribution is 1.02. The number of hydrogen-bond donors (Lipinski definition) is 2. The molecule has 0 amide bonds. The van der Waals surface area contributed by atoms with E-state index in [-0.39, 0.29) is 0 Å². The fourth-order valence-electron chi connectivity index (χ4n) is 1.58. The van der Waals surface area contributed by atoms with Gasteiger partial charge < -0.3 is 11.5 Å². The predicted octanol–water partition coefficient (Wildman–Crippen LogP) is 3.14. The van der Waals surface area contributed by atoms with E-state index in [1.54, 1.807) is 23.5 Å². The Kier molecular flexibility index (Phi) is 5.13. The number of hydrogen-bond acceptors (Lipinski definition) is 10. The molecule has 0 saturated heterocycles. The van der Waals surface area contributed by atoms with E-state index in [1.807, 2.05) is 0 Å². The van der Waals surface area contributed by atoms with Gasteiger partial charge in [0.2, 0.25) is 10.3 Å². The molecule has 0 fully saturated rings. The molecule has 114 valence electrons. The third-order valence-electron chi connectivity index (χ3n) is 2.59. The average Bonchev–Trinajstić information content (AvgIpc) is 3.12. The van der Waals surface area contributed by atoms with E-state index in [0.29, 0.717) is 10.3 Å². The fraction of sp³-hybridized carbons (Fsp3) is 0.167. The van der Waals surface area contributed by atoms with Crippen molar-refractivity contribution in [2.75, 3.05) is 11.5 Å². The lowest BCUT2D eigenvalue weighted by Crippen LogP contribution is -1.84. The highest BCUT2D eigenvalue weighted by Crippen LogP contribution is 2.29.